The number of fused-ring (bicyclic) bond motifs is 1. The fourth-order valence-electron chi connectivity index (χ4n) is 1.75. The van der Waals surface area contributed by atoms with E-state index in [1.807, 2.05) is 36.5 Å². The molecular weight excluding hydrogens is 238 g/mol. The van der Waals surface area contributed by atoms with Crippen LogP contribution in [0.2, 0.25) is 5.02 Å². The number of benzene rings is 1. The van der Waals surface area contributed by atoms with Crippen molar-refractivity contribution in [2.24, 2.45) is 0 Å². The summed E-state index contributed by atoms with van der Waals surface area (Å²) in [7, 11) is 0. The van der Waals surface area contributed by atoms with E-state index in [1.54, 1.807) is 11.3 Å². The fraction of sp³-hybridized carbons (Fsp3) is 0. The molecule has 0 saturated carbocycles. The second-order valence-electron chi connectivity index (χ2n) is 3.52. The van der Waals surface area contributed by atoms with E-state index in [9.17, 15) is 0 Å². The van der Waals surface area contributed by atoms with Crippen LogP contribution in [0, 0.1) is 0 Å². The van der Waals surface area contributed by atoms with Crippen molar-refractivity contribution in [3.8, 4) is 11.3 Å². The largest absolute Gasteiger partial charge is 0.286 e. The average Bonchev–Trinajstić information content (AvgIpc) is 2.75. The Morgan fingerprint density at radius 2 is 1.81 bits per heavy atom. The van der Waals surface area contributed by atoms with E-state index in [0.717, 1.165) is 9.85 Å². The summed E-state index contributed by atoms with van der Waals surface area (Å²) in [6.07, 6.45) is 2.04. The number of nitrogens with zero attached hydrogens (tertiary/aromatic N) is 1. The molecule has 1 aromatic carbocycles. The van der Waals surface area contributed by atoms with Gasteiger partial charge in [-0.05, 0) is 18.2 Å². The van der Waals surface area contributed by atoms with Gasteiger partial charge in [0.2, 0.25) is 5.69 Å². The Labute approximate surface area is 103 Å². The first kappa shape index (κ1) is 9.82. The zero-order chi connectivity index (χ0) is 11.0. The number of rotatable bonds is 1. The Kier molecular flexibility index (Phi) is 2.39. The lowest BCUT2D eigenvalue weighted by atomic mass is 10.2. The Bertz CT molecular complexity index is 631. The zero-order valence-electron chi connectivity index (χ0n) is 8.43. The molecule has 0 N–H and O–H groups in total. The van der Waals surface area contributed by atoms with E-state index in [2.05, 4.69) is 21.9 Å². The summed E-state index contributed by atoms with van der Waals surface area (Å²) >= 11 is 7.81. The Hall–Kier alpha value is -1.38. The Morgan fingerprint density at radius 3 is 2.62 bits per heavy atom. The van der Waals surface area contributed by atoms with Crippen molar-refractivity contribution >= 4 is 27.8 Å². The third-order valence-corrected chi connectivity index (χ3v) is 3.91. The summed E-state index contributed by atoms with van der Waals surface area (Å²) in [6.45, 7) is 0. The molecule has 0 atom stereocenters. The first-order valence-corrected chi connectivity index (χ1v) is 6.25. The van der Waals surface area contributed by atoms with E-state index >= 15 is 0 Å². The first-order valence-electron chi connectivity index (χ1n) is 4.99. The number of aromatic nitrogens is 1. The quantitative estimate of drug-likeness (QED) is 0.575. The minimum Gasteiger partial charge on any atom is -0.149 e. The monoisotopic (exact) mass is 246 g/mol. The van der Waals surface area contributed by atoms with E-state index in [1.165, 1.54) is 11.3 Å². The molecule has 3 aromatic rings. The molecule has 0 bridgehead atoms. The van der Waals surface area contributed by atoms with Crippen LogP contribution in [0.1, 0.15) is 0 Å². The van der Waals surface area contributed by atoms with E-state index < -0.39 is 0 Å². The van der Waals surface area contributed by atoms with Crippen LogP contribution in [-0.4, -0.2) is 0 Å². The van der Waals surface area contributed by atoms with Gasteiger partial charge in [0.25, 0.3) is 4.83 Å². The number of hydrogen-bond donors (Lipinski definition) is 0. The third kappa shape index (κ3) is 1.51. The maximum absolute atomic E-state index is 6.15. The van der Waals surface area contributed by atoms with Crippen molar-refractivity contribution in [2.45, 2.75) is 0 Å². The minimum absolute atomic E-state index is 0.801. The van der Waals surface area contributed by atoms with Gasteiger partial charge in [-0.25, -0.2) is 0 Å². The van der Waals surface area contributed by atoms with Gasteiger partial charge >= 0.3 is 0 Å². The molecule has 0 fully saturated rings. The standard InChI is InChI=1S/C13H9ClNS/c14-11-7-4-8-15-12(9-16-13(11)15)10-5-2-1-3-6-10/h1-9H/q+1. The smallest absolute Gasteiger partial charge is 0.149 e. The SMILES string of the molecule is Clc1ccc[n+]2c(-c3ccccc3)csc12. The van der Waals surface area contributed by atoms with Crippen molar-refractivity contribution in [1.29, 1.82) is 0 Å². The van der Waals surface area contributed by atoms with Gasteiger partial charge in [-0.1, -0.05) is 41.1 Å². The van der Waals surface area contributed by atoms with Crippen LogP contribution >= 0.6 is 22.9 Å². The summed E-state index contributed by atoms with van der Waals surface area (Å²) in [6, 6.07) is 14.2. The van der Waals surface area contributed by atoms with Crippen molar-refractivity contribution in [3.05, 3.63) is 59.1 Å². The highest BCUT2D eigenvalue weighted by Crippen LogP contribution is 2.24. The summed E-state index contributed by atoms with van der Waals surface area (Å²) in [5, 5.41) is 2.94. The summed E-state index contributed by atoms with van der Waals surface area (Å²) in [4.78, 5) is 1.09. The zero-order valence-corrected chi connectivity index (χ0v) is 10.0. The van der Waals surface area contributed by atoms with Gasteiger partial charge in [-0.2, -0.15) is 0 Å². The lowest BCUT2D eigenvalue weighted by Gasteiger charge is -1.93. The lowest BCUT2D eigenvalue weighted by Crippen LogP contribution is -2.20. The van der Waals surface area contributed by atoms with Gasteiger partial charge in [-0.3, -0.25) is 0 Å². The van der Waals surface area contributed by atoms with Crippen LogP contribution in [0.25, 0.3) is 16.1 Å². The summed E-state index contributed by atoms with van der Waals surface area (Å²) in [5.41, 5.74) is 2.39. The van der Waals surface area contributed by atoms with Crippen LogP contribution in [-0.2, 0) is 0 Å². The minimum atomic E-state index is 0.801. The van der Waals surface area contributed by atoms with Gasteiger partial charge in [0, 0.05) is 11.6 Å². The highest BCUT2D eigenvalue weighted by atomic mass is 35.5. The molecule has 0 aliphatic heterocycles. The molecule has 2 aromatic heterocycles. The molecule has 0 aliphatic rings. The molecule has 3 rings (SSSR count). The van der Waals surface area contributed by atoms with Crippen molar-refractivity contribution in [2.75, 3.05) is 0 Å². The topological polar surface area (TPSA) is 4.10 Å². The van der Waals surface area contributed by atoms with Crippen LogP contribution in [0.5, 0.6) is 0 Å². The molecular formula is C13H9ClNS+. The first-order chi connectivity index (χ1) is 7.86. The molecule has 0 radical (unpaired) electrons. The average molecular weight is 247 g/mol. The molecule has 16 heavy (non-hydrogen) atoms. The molecule has 0 spiro atoms. The Balaban J connectivity index is 2.30. The normalized spacial score (nSPS) is 10.8. The maximum atomic E-state index is 6.15. The summed E-state index contributed by atoms with van der Waals surface area (Å²) < 4.78 is 2.13. The van der Waals surface area contributed by atoms with Gasteiger partial charge in [0.1, 0.15) is 5.02 Å². The number of halogens is 1. The van der Waals surface area contributed by atoms with Gasteiger partial charge in [-0.15, -0.1) is 4.40 Å². The summed E-state index contributed by atoms with van der Waals surface area (Å²) in [5.74, 6) is 0. The van der Waals surface area contributed by atoms with Gasteiger partial charge in [0.15, 0.2) is 6.20 Å². The Morgan fingerprint density at radius 1 is 1.00 bits per heavy atom. The number of hydrogen-bond acceptors (Lipinski definition) is 1. The fourth-order valence-corrected chi connectivity index (χ4v) is 2.98. The maximum Gasteiger partial charge on any atom is 0.286 e. The van der Waals surface area contributed by atoms with Crippen molar-refractivity contribution in [3.63, 3.8) is 0 Å². The molecule has 0 saturated heterocycles. The molecule has 0 aliphatic carbocycles. The van der Waals surface area contributed by atoms with E-state index in [-0.39, 0.29) is 0 Å². The molecule has 0 amide bonds. The van der Waals surface area contributed by atoms with Crippen LogP contribution < -0.4 is 4.40 Å². The van der Waals surface area contributed by atoms with Crippen LogP contribution in [0.3, 0.4) is 0 Å². The predicted molar refractivity (Wildman–Crippen MR) is 67.9 cm³/mol. The predicted octanol–water partition coefficient (Wildman–Crippen LogP) is 3.81. The van der Waals surface area contributed by atoms with E-state index in [0.29, 0.717) is 0 Å². The molecule has 78 valence electrons. The van der Waals surface area contributed by atoms with Crippen LogP contribution in [0.4, 0.5) is 0 Å². The molecule has 2 heterocycles. The number of thiazole rings is 1. The number of pyridine rings is 1. The second kappa shape index (κ2) is 3.89. The third-order valence-electron chi connectivity index (χ3n) is 2.51. The van der Waals surface area contributed by atoms with Crippen molar-refractivity contribution in [1.82, 2.24) is 0 Å². The van der Waals surface area contributed by atoms with Gasteiger partial charge < -0.3 is 0 Å². The second-order valence-corrected chi connectivity index (χ2v) is 4.78. The van der Waals surface area contributed by atoms with Crippen molar-refractivity contribution < 1.29 is 4.40 Å². The lowest BCUT2D eigenvalue weighted by molar-refractivity contribution is -0.495. The molecule has 3 heteroatoms. The molecule has 1 nitrogen and oxygen atoms in total. The highest BCUT2D eigenvalue weighted by molar-refractivity contribution is 7.15. The van der Waals surface area contributed by atoms with E-state index in [4.69, 9.17) is 11.6 Å². The van der Waals surface area contributed by atoms with Crippen LogP contribution in [0.15, 0.2) is 54.0 Å². The molecule has 0 unspecified atom stereocenters. The highest BCUT2D eigenvalue weighted by Gasteiger charge is 2.16. The van der Waals surface area contributed by atoms with Gasteiger partial charge in [0.05, 0.1) is 5.38 Å².